The fraction of sp³-hybridized carbons (Fsp3) is 0.562. The van der Waals surface area contributed by atoms with Crippen molar-refractivity contribution in [1.29, 1.82) is 0 Å². The molecule has 118 valence electrons. The van der Waals surface area contributed by atoms with E-state index in [-0.39, 0.29) is 11.8 Å². The van der Waals surface area contributed by atoms with E-state index in [0.29, 0.717) is 18.2 Å². The van der Waals surface area contributed by atoms with Gasteiger partial charge in [-0.2, -0.15) is 4.98 Å². The Hall–Kier alpha value is -2.11. The van der Waals surface area contributed by atoms with E-state index >= 15 is 0 Å². The van der Waals surface area contributed by atoms with Gasteiger partial charge in [0, 0.05) is 19.5 Å². The fourth-order valence-corrected chi connectivity index (χ4v) is 2.83. The first-order valence-electron chi connectivity index (χ1n) is 7.85. The number of furan rings is 1. The van der Waals surface area contributed by atoms with Crippen molar-refractivity contribution < 1.29 is 13.7 Å². The molecule has 6 nitrogen and oxygen atoms in total. The lowest BCUT2D eigenvalue weighted by molar-refractivity contribution is 0.0662. The molecular formula is C16H21N3O3. The van der Waals surface area contributed by atoms with Crippen LogP contribution in [0, 0.1) is 6.92 Å². The highest BCUT2D eigenvalue weighted by Crippen LogP contribution is 2.27. The molecule has 0 spiro atoms. The quantitative estimate of drug-likeness (QED) is 0.868. The van der Waals surface area contributed by atoms with Gasteiger partial charge in [0.2, 0.25) is 5.89 Å². The van der Waals surface area contributed by atoms with Crippen LogP contribution in [0.3, 0.4) is 0 Å². The lowest BCUT2D eigenvalue weighted by Crippen LogP contribution is -2.39. The van der Waals surface area contributed by atoms with Gasteiger partial charge < -0.3 is 13.8 Å². The summed E-state index contributed by atoms with van der Waals surface area (Å²) in [7, 11) is 0. The Morgan fingerprint density at radius 2 is 2.32 bits per heavy atom. The molecule has 1 atom stereocenters. The van der Waals surface area contributed by atoms with Gasteiger partial charge in [0.25, 0.3) is 5.91 Å². The Balaban J connectivity index is 1.69. The number of rotatable bonds is 4. The minimum atomic E-state index is -0.0638. The zero-order valence-corrected chi connectivity index (χ0v) is 13.0. The van der Waals surface area contributed by atoms with Gasteiger partial charge in [0.15, 0.2) is 11.6 Å². The fourth-order valence-electron chi connectivity index (χ4n) is 2.83. The normalized spacial score (nSPS) is 18.6. The molecule has 0 radical (unpaired) electrons. The third-order valence-electron chi connectivity index (χ3n) is 3.97. The minimum absolute atomic E-state index is 0.0638. The first-order chi connectivity index (χ1) is 10.7. The standard InChI is InChI=1S/C16H21N3O3/c1-3-5-14-17-15(22-18-14)12-6-4-9-19(10-12)16(20)13-8-7-11(2)21-13/h7-8,12H,3-6,9-10H2,1-2H3/t12-/m0/s1. The second kappa shape index (κ2) is 6.34. The van der Waals surface area contributed by atoms with Crippen LogP contribution in [-0.4, -0.2) is 34.0 Å². The average Bonchev–Trinajstić information content (AvgIpc) is 3.16. The summed E-state index contributed by atoms with van der Waals surface area (Å²) in [5.74, 6) is 2.60. The van der Waals surface area contributed by atoms with Gasteiger partial charge in [-0.25, -0.2) is 0 Å². The van der Waals surface area contributed by atoms with E-state index in [1.54, 1.807) is 6.07 Å². The number of hydrogen-bond donors (Lipinski definition) is 0. The monoisotopic (exact) mass is 303 g/mol. The van der Waals surface area contributed by atoms with Crippen LogP contribution >= 0.6 is 0 Å². The van der Waals surface area contributed by atoms with Gasteiger partial charge in [0.1, 0.15) is 5.76 Å². The highest BCUT2D eigenvalue weighted by molar-refractivity contribution is 5.91. The highest BCUT2D eigenvalue weighted by Gasteiger charge is 2.30. The van der Waals surface area contributed by atoms with Crippen molar-refractivity contribution >= 4 is 5.91 Å². The highest BCUT2D eigenvalue weighted by atomic mass is 16.5. The molecule has 0 saturated carbocycles. The maximum atomic E-state index is 12.5. The molecule has 2 aromatic rings. The van der Waals surface area contributed by atoms with E-state index in [4.69, 9.17) is 8.94 Å². The van der Waals surface area contributed by atoms with E-state index in [2.05, 4.69) is 17.1 Å². The molecule has 0 N–H and O–H groups in total. The van der Waals surface area contributed by atoms with Gasteiger partial charge >= 0.3 is 0 Å². The van der Waals surface area contributed by atoms with E-state index in [0.717, 1.165) is 43.8 Å². The van der Waals surface area contributed by atoms with E-state index in [1.807, 2.05) is 17.9 Å². The molecule has 1 aliphatic rings. The molecule has 1 amide bonds. The molecule has 0 aromatic carbocycles. The molecule has 0 unspecified atom stereocenters. The van der Waals surface area contributed by atoms with Gasteiger partial charge in [-0.05, 0) is 38.3 Å². The predicted octanol–water partition coefficient (Wildman–Crippen LogP) is 2.94. The number of carbonyl (C=O) groups excluding carboxylic acids is 1. The Bertz CT molecular complexity index is 647. The number of nitrogens with zero attached hydrogens (tertiary/aromatic N) is 3. The van der Waals surface area contributed by atoms with Crippen LogP contribution < -0.4 is 0 Å². The third kappa shape index (κ3) is 3.05. The summed E-state index contributed by atoms with van der Waals surface area (Å²) >= 11 is 0. The number of aryl methyl sites for hydroxylation is 2. The van der Waals surface area contributed by atoms with Gasteiger partial charge in [-0.15, -0.1) is 0 Å². The van der Waals surface area contributed by atoms with Crippen molar-refractivity contribution in [3.05, 3.63) is 35.4 Å². The second-order valence-electron chi connectivity index (χ2n) is 5.80. The molecule has 3 heterocycles. The second-order valence-corrected chi connectivity index (χ2v) is 5.80. The molecule has 0 aliphatic carbocycles. The summed E-state index contributed by atoms with van der Waals surface area (Å²) < 4.78 is 10.8. The van der Waals surface area contributed by atoms with Crippen molar-refractivity contribution in [2.45, 2.75) is 45.4 Å². The summed E-state index contributed by atoms with van der Waals surface area (Å²) in [5, 5.41) is 4.00. The SMILES string of the molecule is CCCc1noc([C@H]2CCCN(C(=O)c3ccc(C)o3)C2)n1. The van der Waals surface area contributed by atoms with Gasteiger partial charge in [-0.3, -0.25) is 4.79 Å². The van der Waals surface area contributed by atoms with E-state index in [9.17, 15) is 4.79 Å². The zero-order valence-electron chi connectivity index (χ0n) is 13.0. The van der Waals surface area contributed by atoms with Crippen LogP contribution in [0.5, 0.6) is 0 Å². The Morgan fingerprint density at radius 1 is 1.45 bits per heavy atom. The van der Waals surface area contributed by atoms with Crippen LogP contribution in [0.4, 0.5) is 0 Å². The van der Waals surface area contributed by atoms with Crippen molar-refractivity contribution in [2.75, 3.05) is 13.1 Å². The van der Waals surface area contributed by atoms with Gasteiger partial charge in [0.05, 0.1) is 5.92 Å². The summed E-state index contributed by atoms with van der Waals surface area (Å²) in [6.07, 6.45) is 3.72. The van der Waals surface area contributed by atoms with E-state index in [1.165, 1.54) is 0 Å². The Labute approximate surface area is 129 Å². The largest absolute Gasteiger partial charge is 0.456 e. The Morgan fingerprint density at radius 3 is 3.05 bits per heavy atom. The number of carbonyl (C=O) groups is 1. The van der Waals surface area contributed by atoms with Crippen LogP contribution in [0.15, 0.2) is 21.1 Å². The summed E-state index contributed by atoms with van der Waals surface area (Å²) in [4.78, 5) is 18.7. The first kappa shape index (κ1) is 14.8. The summed E-state index contributed by atoms with van der Waals surface area (Å²) in [6, 6.07) is 3.54. The lowest BCUT2D eigenvalue weighted by Gasteiger charge is -2.30. The first-order valence-corrected chi connectivity index (χ1v) is 7.85. The molecule has 1 saturated heterocycles. The van der Waals surface area contributed by atoms with Crippen molar-refractivity contribution in [1.82, 2.24) is 15.0 Å². The maximum absolute atomic E-state index is 12.5. The predicted molar refractivity (Wildman–Crippen MR) is 79.6 cm³/mol. The molecule has 22 heavy (non-hydrogen) atoms. The number of piperidine rings is 1. The number of hydrogen-bond acceptors (Lipinski definition) is 5. The number of amides is 1. The van der Waals surface area contributed by atoms with Crippen LogP contribution in [0.25, 0.3) is 0 Å². The van der Waals surface area contributed by atoms with Crippen LogP contribution in [-0.2, 0) is 6.42 Å². The molecule has 1 fully saturated rings. The lowest BCUT2D eigenvalue weighted by atomic mass is 9.98. The summed E-state index contributed by atoms with van der Waals surface area (Å²) in [5.41, 5.74) is 0. The molecule has 2 aromatic heterocycles. The van der Waals surface area contributed by atoms with Crippen LogP contribution in [0.2, 0.25) is 0 Å². The number of aromatic nitrogens is 2. The topological polar surface area (TPSA) is 72.4 Å². The smallest absolute Gasteiger partial charge is 0.289 e. The van der Waals surface area contributed by atoms with E-state index < -0.39 is 0 Å². The van der Waals surface area contributed by atoms with Crippen molar-refractivity contribution in [2.24, 2.45) is 0 Å². The summed E-state index contributed by atoms with van der Waals surface area (Å²) in [6.45, 7) is 5.27. The van der Waals surface area contributed by atoms with Crippen molar-refractivity contribution in [3.63, 3.8) is 0 Å². The molecular weight excluding hydrogens is 282 g/mol. The van der Waals surface area contributed by atoms with Crippen LogP contribution in [0.1, 0.15) is 60.1 Å². The van der Waals surface area contributed by atoms with Gasteiger partial charge in [-0.1, -0.05) is 12.1 Å². The maximum Gasteiger partial charge on any atom is 0.289 e. The average molecular weight is 303 g/mol. The molecule has 6 heteroatoms. The Kier molecular flexibility index (Phi) is 4.27. The molecule has 1 aliphatic heterocycles. The van der Waals surface area contributed by atoms with Crippen molar-refractivity contribution in [3.8, 4) is 0 Å². The zero-order chi connectivity index (χ0) is 15.5. The number of likely N-dealkylation sites (tertiary alicyclic amines) is 1. The molecule has 0 bridgehead atoms. The third-order valence-corrected chi connectivity index (χ3v) is 3.97. The minimum Gasteiger partial charge on any atom is -0.456 e. The molecule has 3 rings (SSSR count).